The largest absolute Gasteiger partial charge is 0.478 e. The monoisotopic (exact) mass is 274 g/mol. The van der Waals surface area contributed by atoms with Gasteiger partial charge in [0.15, 0.2) is 11.8 Å². The summed E-state index contributed by atoms with van der Waals surface area (Å²) in [6.07, 6.45) is 4.80. The van der Waals surface area contributed by atoms with Gasteiger partial charge in [0.2, 0.25) is 0 Å². The van der Waals surface area contributed by atoms with Crippen molar-refractivity contribution in [3.05, 3.63) is 0 Å². The Morgan fingerprint density at radius 1 is 1.00 bits per heavy atom. The summed E-state index contributed by atoms with van der Waals surface area (Å²) in [5.74, 6) is 3.61. The molecule has 2 rings (SSSR count). The standard InChI is InChI=1S/C11H18N2O2S2/c1-16-6-8-4-14-10(12-8)3-11-13-9(5-15-11)7-17-2/h8-9H,3-7H2,1-2H3/t8-,9-/m1/s1. The summed E-state index contributed by atoms with van der Waals surface area (Å²) in [6.45, 7) is 1.41. The molecular weight excluding hydrogens is 256 g/mol. The Morgan fingerprint density at radius 3 is 1.88 bits per heavy atom. The minimum absolute atomic E-state index is 0.309. The van der Waals surface area contributed by atoms with Crippen LogP contribution in [0.3, 0.4) is 0 Å². The topological polar surface area (TPSA) is 43.2 Å². The third-order valence-corrected chi connectivity index (χ3v) is 3.99. The molecule has 0 radical (unpaired) electrons. The molecule has 0 aromatic heterocycles. The van der Waals surface area contributed by atoms with Crippen molar-refractivity contribution < 1.29 is 9.47 Å². The van der Waals surface area contributed by atoms with Crippen LogP contribution in [0.1, 0.15) is 6.42 Å². The van der Waals surface area contributed by atoms with Gasteiger partial charge >= 0.3 is 0 Å². The molecule has 2 heterocycles. The van der Waals surface area contributed by atoms with Crippen LogP contribution in [0.15, 0.2) is 9.98 Å². The summed E-state index contributed by atoms with van der Waals surface area (Å²) in [7, 11) is 0. The average Bonchev–Trinajstić information content (AvgIpc) is 2.91. The molecule has 0 N–H and O–H groups in total. The van der Waals surface area contributed by atoms with Crippen molar-refractivity contribution in [1.82, 2.24) is 0 Å². The molecule has 2 aliphatic heterocycles. The van der Waals surface area contributed by atoms with E-state index in [9.17, 15) is 0 Å². The molecule has 0 aliphatic carbocycles. The van der Waals surface area contributed by atoms with Crippen molar-refractivity contribution in [3.63, 3.8) is 0 Å². The predicted octanol–water partition coefficient (Wildman–Crippen LogP) is 1.70. The lowest BCUT2D eigenvalue weighted by molar-refractivity contribution is 0.305. The van der Waals surface area contributed by atoms with Crippen molar-refractivity contribution >= 4 is 35.3 Å². The minimum atomic E-state index is 0.309. The zero-order valence-electron chi connectivity index (χ0n) is 10.2. The number of thioether (sulfide) groups is 2. The zero-order valence-corrected chi connectivity index (χ0v) is 11.9. The number of ether oxygens (including phenoxy) is 2. The lowest BCUT2D eigenvalue weighted by Gasteiger charge is -2.01. The van der Waals surface area contributed by atoms with Gasteiger partial charge in [0.05, 0.1) is 18.5 Å². The van der Waals surface area contributed by atoms with Crippen molar-refractivity contribution in [1.29, 1.82) is 0 Å². The molecule has 0 saturated heterocycles. The first-order valence-electron chi connectivity index (χ1n) is 5.68. The highest BCUT2D eigenvalue weighted by molar-refractivity contribution is 7.98. The quantitative estimate of drug-likeness (QED) is 0.739. The van der Waals surface area contributed by atoms with Crippen LogP contribution in [0, 0.1) is 0 Å². The Balaban J connectivity index is 1.82. The lowest BCUT2D eigenvalue weighted by atomic mass is 10.4. The third-order valence-electron chi connectivity index (χ3n) is 2.56. The molecule has 0 bridgehead atoms. The van der Waals surface area contributed by atoms with Crippen LogP contribution < -0.4 is 0 Å². The smallest absolute Gasteiger partial charge is 0.193 e. The molecule has 0 spiro atoms. The van der Waals surface area contributed by atoms with Gasteiger partial charge in [0, 0.05) is 11.5 Å². The van der Waals surface area contributed by atoms with E-state index in [1.54, 1.807) is 23.5 Å². The highest BCUT2D eigenvalue weighted by atomic mass is 32.2. The molecule has 0 saturated carbocycles. The Bertz CT molecular complexity index is 291. The Morgan fingerprint density at radius 2 is 1.47 bits per heavy atom. The summed E-state index contributed by atoms with van der Waals surface area (Å²) < 4.78 is 11.1. The van der Waals surface area contributed by atoms with E-state index < -0.39 is 0 Å². The van der Waals surface area contributed by atoms with Gasteiger partial charge in [-0.2, -0.15) is 23.5 Å². The fourth-order valence-corrected chi connectivity index (χ4v) is 2.93. The van der Waals surface area contributed by atoms with Crippen LogP contribution in [-0.2, 0) is 9.47 Å². The molecule has 0 amide bonds. The van der Waals surface area contributed by atoms with Crippen molar-refractivity contribution in [2.75, 3.05) is 37.2 Å². The summed E-state index contributed by atoms with van der Waals surface area (Å²) in [5.41, 5.74) is 0. The SMILES string of the molecule is CSC[C@H]1COC(CC2=N[C@@H](CSC)CO2)=N1. The maximum absolute atomic E-state index is 5.55. The molecule has 0 unspecified atom stereocenters. The van der Waals surface area contributed by atoms with Crippen LogP contribution in [0.5, 0.6) is 0 Å². The molecular formula is C11H18N2O2S2. The van der Waals surface area contributed by atoms with Crippen LogP contribution in [0.25, 0.3) is 0 Å². The van der Waals surface area contributed by atoms with Gasteiger partial charge < -0.3 is 9.47 Å². The van der Waals surface area contributed by atoms with Crippen molar-refractivity contribution in [2.45, 2.75) is 18.5 Å². The summed E-state index contributed by atoms with van der Waals surface area (Å²) in [6, 6.07) is 0.619. The second-order valence-electron chi connectivity index (χ2n) is 4.06. The fourth-order valence-electron chi connectivity index (χ4n) is 1.82. The van der Waals surface area contributed by atoms with Crippen LogP contribution in [0.4, 0.5) is 0 Å². The van der Waals surface area contributed by atoms with Gasteiger partial charge in [0.1, 0.15) is 13.2 Å². The Kier molecular flexibility index (Phi) is 5.03. The lowest BCUT2D eigenvalue weighted by Crippen LogP contribution is -2.10. The second-order valence-corrected chi connectivity index (χ2v) is 5.88. The number of rotatable bonds is 6. The van der Waals surface area contributed by atoms with Gasteiger partial charge in [0.25, 0.3) is 0 Å². The van der Waals surface area contributed by atoms with Gasteiger partial charge in [-0.25, -0.2) is 9.98 Å². The van der Waals surface area contributed by atoms with E-state index in [1.807, 2.05) is 0 Å². The first kappa shape index (κ1) is 13.1. The van der Waals surface area contributed by atoms with Crippen LogP contribution >= 0.6 is 23.5 Å². The number of hydrogen-bond acceptors (Lipinski definition) is 6. The number of aliphatic imine (C=N–C) groups is 2. The molecule has 0 aromatic carbocycles. The van der Waals surface area contributed by atoms with Gasteiger partial charge in [-0.15, -0.1) is 0 Å². The maximum Gasteiger partial charge on any atom is 0.193 e. The normalized spacial score (nSPS) is 27.4. The van der Waals surface area contributed by atoms with Crippen molar-refractivity contribution in [3.8, 4) is 0 Å². The minimum Gasteiger partial charge on any atom is -0.478 e. The highest BCUT2D eigenvalue weighted by Crippen LogP contribution is 2.15. The number of nitrogens with zero attached hydrogens (tertiary/aromatic N) is 2. The van der Waals surface area contributed by atoms with E-state index in [0.717, 1.165) is 23.3 Å². The van der Waals surface area contributed by atoms with Crippen molar-refractivity contribution in [2.24, 2.45) is 9.98 Å². The summed E-state index contributed by atoms with van der Waals surface area (Å²) in [5, 5.41) is 0. The van der Waals surface area contributed by atoms with Gasteiger partial charge in [-0.05, 0) is 12.5 Å². The predicted molar refractivity (Wildman–Crippen MR) is 75.7 cm³/mol. The van der Waals surface area contributed by atoms with E-state index in [1.165, 1.54) is 0 Å². The van der Waals surface area contributed by atoms with Gasteiger partial charge in [-0.3, -0.25) is 0 Å². The first-order chi connectivity index (χ1) is 8.31. The van der Waals surface area contributed by atoms with E-state index in [-0.39, 0.29) is 0 Å². The van der Waals surface area contributed by atoms with E-state index in [4.69, 9.17) is 9.47 Å². The fraction of sp³-hybridized carbons (Fsp3) is 0.818. The van der Waals surface area contributed by atoms with E-state index >= 15 is 0 Å². The van der Waals surface area contributed by atoms with Gasteiger partial charge in [-0.1, -0.05) is 0 Å². The molecule has 17 heavy (non-hydrogen) atoms. The van der Waals surface area contributed by atoms with E-state index in [2.05, 4.69) is 22.5 Å². The average molecular weight is 274 g/mol. The maximum atomic E-state index is 5.55. The molecule has 2 atom stereocenters. The molecule has 96 valence electrons. The number of hydrogen-bond donors (Lipinski definition) is 0. The van der Waals surface area contributed by atoms with E-state index in [0.29, 0.717) is 31.7 Å². The summed E-state index contributed by atoms with van der Waals surface area (Å²) >= 11 is 3.60. The zero-order chi connectivity index (χ0) is 12.1. The molecule has 0 fully saturated rings. The molecule has 2 aliphatic rings. The van der Waals surface area contributed by atoms with Crippen LogP contribution in [0.2, 0.25) is 0 Å². The highest BCUT2D eigenvalue weighted by Gasteiger charge is 2.24. The first-order valence-corrected chi connectivity index (χ1v) is 8.47. The second kappa shape index (κ2) is 6.54. The molecule has 6 heteroatoms. The molecule has 4 nitrogen and oxygen atoms in total. The van der Waals surface area contributed by atoms with Crippen LogP contribution in [-0.4, -0.2) is 61.1 Å². The Labute approximate surface area is 111 Å². The summed E-state index contributed by atoms with van der Waals surface area (Å²) in [4.78, 5) is 9.04. The molecule has 0 aromatic rings. The Hall–Kier alpha value is -0.360. The third kappa shape index (κ3) is 3.81.